The summed E-state index contributed by atoms with van der Waals surface area (Å²) in [6.07, 6.45) is 0. The Kier molecular flexibility index (Phi) is 932. The molecule has 0 spiro atoms. The zero-order valence-corrected chi connectivity index (χ0v) is 4.50. The van der Waals surface area contributed by atoms with Crippen LogP contribution in [0.3, 0.4) is 0 Å². The van der Waals surface area contributed by atoms with Crippen molar-refractivity contribution in [2.45, 2.75) is 0 Å². The Balaban J connectivity index is -0.0000000133. The van der Waals surface area contributed by atoms with E-state index in [1.165, 1.54) is 0 Å². The van der Waals surface area contributed by atoms with Gasteiger partial charge in [0.25, 0.3) is 0 Å². The largest absolute Gasteiger partial charge is 2.00 e. The molecule has 0 N–H and O–H groups in total. The Morgan fingerprint density at radius 2 is 0.800 bits per heavy atom. The molecule has 0 saturated carbocycles. The molecule has 0 bridgehead atoms. The second kappa shape index (κ2) is 259. The van der Waals surface area contributed by atoms with Gasteiger partial charge in [-0.05, 0) is 0 Å². The summed E-state index contributed by atoms with van der Waals surface area (Å²) in [5, 5.41) is 16.5. The zero-order valence-electron chi connectivity index (χ0n) is 3.22. The number of hydrogen-bond donors (Lipinski definition) is 0. The normalized spacial score (nSPS) is 2.40. The van der Waals surface area contributed by atoms with Gasteiger partial charge in [-0.1, -0.05) is 0 Å². The van der Waals surface area contributed by atoms with Gasteiger partial charge in [-0.2, -0.15) is 14.2 Å². The molecule has 0 aromatic heterocycles. The molecule has 0 aliphatic rings. The SMILES string of the molecule is C[O-].C[O-].[Cr+2]. The molecule has 0 aromatic rings. The topological polar surface area (TPSA) is 46.1 Å². The Hall–Kier alpha value is 0.452. The van der Waals surface area contributed by atoms with Crippen molar-refractivity contribution >= 4 is 0 Å². The van der Waals surface area contributed by atoms with Gasteiger partial charge in [-0.25, -0.2) is 0 Å². The molecule has 0 aromatic carbocycles. The summed E-state index contributed by atoms with van der Waals surface area (Å²) in [5.74, 6) is 0. The van der Waals surface area contributed by atoms with Crippen molar-refractivity contribution in [1.82, 2.24) is 0 Å². The van der Waals surface area contributed by atoms with E-state index < -0.39 is 0 Å². The molecule has 0 radical (unpaired) electrons. The zero-order chi connectivity index (χ0) is 4.00. The van der Waals surface area contributed by atoms with Crippen LogP contribution >= 0.6 is 0 Å². The summed E-state index contributed by atoms with van der Waals surface area (Å²) in [7, 11) is 1.50. The van der Waals surface area contributed by atoms with E-state index in [-0.39, 0.29) is 17.4 Å². The van der Waals surface area contributed by atoms with Gasteiger partial charge in [-0.3, -0.25) is 0 Å². The molecule has 2 nitrogen and oxygen atoms in total. The van der Waals surface area contributed by atoms with Crippen molar-refractivity contribution < 1.29 is 27.6 Å². The van der Waals surface area contributed by atoms with Crippen LogP contribution in [0.1, 0.15) is 0 Å². The summed E-state index contributed by atoms with van der Waals surface area (Å²) < 4.78 is 0. The third-order valence-corrected chi connectivity index (χ3v) is 0. The van der Waals surface area contributed by atoms with Gasteiger partial charge in [0.05, 0.1) is 0 Å². The average Bonchev–Trinajstić information content (AvgIpc) is 1.50. The smallest absolute Gasteiger partial charge is 0.857 e. The third kappa shape index (κ3) is 131. The first-order valence-corrected chi connectivity index (χ1v) is 0.816. The first-order valence-electron chi connectivity index (χ1n) is 0.816. The van der Waals surface area contributed by atoms with Crippen molar-refractivity contribution in [3.63, 3.8) is 0 Å². The summed E-state index contributed by atoms with van der Waals surface area (Å²) >= 11 is 0. The minimum atomic E-state index is 0. The Morgan fingerprint density at radius 1 is 0.800 bits per heavy atom. The molecule has 3 heteroatoms. The van der Waals surface area contributed by atoms with Crippen LogP contribution < -0.4 is 10.2 Å². The van der Waals surface area contributed by atoms with Crippen LogP contribution in [0.5, 0.6) is 0 Å². The Labute approximate surface area is 42.6 Å². The molecule has 0 amide bonds. The van der Waals surface area contributed by atoms with Gasteiger partial charge < -0.3 is 10.2 Å². The van der Waals surface area contributed by atoms with E-state index >= 15 is 0 Å². The van der Waals surface area contributed by atoms with Crippen LogP contribution in [-0.2, 0) is 17.4 Å². The van der Waals surface area contributed by atoms with Gasteiger partial charge in [0.1, 0.15) is 0 Å². The van der Waals surface area contributed by atoms with Crippen LogP contribution in [-0.4, -0.2) is 14.2 Å². The van der Waals surface area contributed by atoms with E-state index in [9.17, 15) is 0 Å². The standard InChI is InChI=1S/2CH3O.Cr/c2*1-2;/h2*1H3;/q2*-1;+2. The van der Waals surface area contributed by atoms with Crippen LogP contribution in [0, 0.1) is 0 Å². The van der Waals surface area contributed by atoms with E-state index in [0.717, 1.165) is 14.2 Å². The summed E-state index contributed by atoms with van der Waals surface area (Å²) in [4.78, 5) is 0. The van der Waals surface area contributed by atoms with E-state index in [0.29, 0.717) is 0 Å². The molecule has 0 aliphatic carbocycles. The summed E-state index contributed by atoms with van der Waals surface area (Å²) in [5.41, 5.74) is 0. The van der Waals surface area contributed by atoms with Crippen molar-refractivity contribution in [1.29, 1.82) is 0 Å². The van der Waals surface area contributed by atoms with E-state index in [2.05, 4.69) is 0 Å². The van der Waals surface area contributed by atoms with Gasteiger partial charge in [0, 0.05) is 0 Å². The monoisotopic (exact) mass is 114 g/mol. The molecule has 5 heavy (non-hydrogen) atoms. The first-order chi connectivity index (χ1) is 2.00. The van der Waals surface area contributed by atoms with Gasteiger partial charge in [-0.15, -0.1) is 0 Å². The summed E-state index contributed by atoms with van der Waals surface area (Å²) in [6, 6.07) is 0. The fraction of sp³-hybridized carbons (Fsp3) is 1.00. The predicted molar refractivity (Wildman–Crippen MR) is 11.8 cm³/mol. The number of rotatable bonds is 0. The third-order valence-electron chi connectivity index (χ3n) is 0. The van der Waals surface area contributed by atoms with Crippen LogP contribution in [0.15, 0.2) is 0 Å². The maximum atomic E-state index is 8.25. The van der Waals surface area contributed by atoms with E-state index in [1.807, 2.05) is 0 Å². The quantitative estimate of drug-likeness (QED) is 0.364. The van der Waals surface area contributed by atoms with Gasteiger partial charge in [0.15, 0.2) is 0 Å². The molecule has 32 valence electrons. The van der Waals surface area contributed by atoms with E-state index in [1.54, 1.807) is 0 Å². The molecule has 0 atom stereocenters. The second-order valence-corrected chi connectivity index (χ2v) is 0. The molecular weight excluding hydrogens is 108 g/mol. The maximum Gasteiger partial charge on any atom is 2.00 e. The van der Waals surface area contributed by atoms with Crippen molar-refractivity contribution in [2.75, 3.05) is 14.2 Å². The molecule has 0 rings (SSSR count). The Morgan fingerprint density at radius 3 is 0.800 bits per heavy atom. The first kappa shape index (κ1) is 18.0. The maximum absolute atomic E-state index is 8.25. The van der Waals surface area contributed by atoms with Crippen LogP contribution in [0.4, 0.5) is 0 Å². The molecule has 0 unspecified atom stereocenters. The molecule has 0 saturated heterocycles. The van der Waals surface area contributed by atoms with Crippen molar-refractivity contribution in [3.8, 4) is 0 Å². The van der Waals surface area contributed by atoms with Crippen LogP contribution in [0.2, 0.25) is 0 Å². The summed E-state index contributed by atoms with van der Waals surface area (Å²) in [6.45, 7) is 0. The van der Waals surface area contributed by atoms with Crippen molar-refractivity contribution in [2.24, 2.45) is 0 Å². The molecule has 0 fully saturated rings. The van der Waals surface area contributed by atoms with Gasteiger partial charge in [0.2, 0.25) is 0 Å². The van der Waals surface area contributed by atoms with Crippen LogP contribution in [0.25, 0.3) is 0 Å². The number of hydrogen-bond acceptors (Lipinski definition) is 2. The van der Waals surface area contributed by atoms with E-state index in [4.69, 9.17) is 10.2 Å². The fourth-order valence-corrected chi connectivity index (χ4v) is 0. The van der Waals surface area contributed by atoms with Gasteiger partial charge >= 0.3 is 17.4 Å². The fourth-order valence-electron chi connectivity index (χ4n) is 0. The average molecular weight is 114 g/mol. The Bertz CT molecular complexity index is 7.61. The molecule has 0 heterocycles. The van der Waals surface area contributed by atoms with Crippen molar-refractivity contribution in [3.05, 3.63) is 0 Å². The molecular formula is C2H6CrO2. The minimum absolute atomic E-state index is 0. The second-order valence-electron chi connectivity index (χ2n) is 0. The molecule has 0 aliphatic heterocycles. The predicted octanol–water partition coefficient (Wildman–Crippen LogP) is -2.05. The minimum Gasteiger partial charge on any atom is -0.857 e.